The lowest BCUT2D eigenvalue weighted by Gasteiger charge is -2.14. The number of nitrogens with one attached hydrogen (secondary N) is 1. The van der Waals surface area contributed by atoms with E-state index in [2.05, 4.69) is 6.07 Å². The van der Waals surface area contributed by atoms with E-state index in [-0.39, 0.29) is 17.3 Å². The summed E-state index contributed by atoms with van der Waals surface area (Å²) in [6.07, 6.45) is 1.07. The molecule has 0 bridgehead atoms. The van der Waals surface area contributed by atoms with Crippen molar-refractivity contribution < 1.29 is 10.2 Å². The molecule has 3 aromatic rings. The fourth-order valence-electron chi connectivity index (χ4n) is 3.00. The first-order valence-electron chi connectivity index (χ1n) is 8.50. The van der Waals surface area contributed by atoms with Crippen LogP contribution in [0.25, 0.3) is 22.3 Å². The Bertz CT molecular complexity index is 927. The molecular weight excluding hydrogens is 324 g/mol. The molecular formula is C22H22N2O2. The van der Waals surface area contributed by atoms with Crippen molar-refractivity contribution in [1.29, 1.82) is 5.41 Å². The highest BCUT2D eigenvalue weighted by Crippen LogP contribution is 2.36. The maximum atomic E-state index is 10.1. The normalized spacial score (nSPS) is 10.7. The molecule has 0 saturated heterocycles. The van der Waals surface area contributed by atoms with Crippen LogP contribution < -0.4 is 5.73 Å². The van der Waals surface area contributed by atoms with E-state index in [9.17, 15) is 10.2 Å². The second kappa shape index (κ2) is 7.31. The molecule has 3 rings (SSSR count). The van der Waals surface area contributed by atoms with Gasteiger partial charge in [0.15, 0.2) is 0 Å². The van der Waals surface area contributed by atoms with E-state index in [1.807, 2.05) is 42.5 Å². The van der Waals surface area contributed by atoms with Crippen LogP contribution in [0, 0.1) is 12.3 Å². The predicted molar refractivity (Wildman–Crippen MR) is 106 cm³/mol. The van der Waals surface area contributed by atoms with Gasteiger partial charge in [-0.15, -0.1) is 0 Å². The molecule has 4 nitrogen and oxygen atoms in total. The van der Waals surface area contributed by atoms with E-state index >= 15 is 0 Å². The summed E-state index contributed by atoms with van der Waals surface area (Å²) < 4.78 is 0. The van der Waals surface area contributed by atoms with Crippen LogP contribution in [-0.2, 0) is 6.42 Å². The van der Waals surface area contributed by atoms with Crippen LogP contribution in [0.3, 0.4) is 0 Å². The van der Waals surface area contributed by atoms with E-state index in [4.69, 9.17) is 11.1 Å². The van der Waals surface area contributed by atoms with Crippen molar-refractivity contribution >= 4 is 5.84 Å². The van der Waals surface area contributed by atoms with Gasteiger partial charge >= 0.3 is 0 Å². The highest BCUT2D eigenvalue weighted by molar-refractivity contribution is 5.79. The third-order valence-corrected chi connectivity index (χ3v) is 4.54. The quantitative estimate of drug-likeness (QED) is 0.402. The van der Waals surface area contributed by atoms with Gasteiger partial charge in [-0.25, -0.2) is 0 Å². The maximum absolute atomic E-state index is 10.1. The van der Waals surface area contributed by atoms with Crippen LogP contribution in [0.5, 0.6) is 11.5 Å². The molecule has 0 heterocycles. The van der Waals surface area contributed by atoms with Crippen molar-refractivity contribution in [3.05, 3.63) is 71.8 Å². The summed E-state index contributed by atoms with van der Waals surface area (Å²) in [5.74, 6) is 0.255. The van der Waals surface area contributed by atoms with Gasteiger partial charge < -0.3 is 15.9 Å². The molecule has 0 spiro atoms. The van der Waals surface area contributed by atoms with Crippen LogP contribution in [0.15, 0.2) is 60.7 Å². The van der Waals surface area contributed by atoms with E-state index < -0.39 is 0 Å². The summed E-state index contributed by atoms with van der Waals surface area (Å²) in [5, 5.41) is 27.7. The van der Waals surface area contributed by atoms with Crippen LogP contribution in [0.4, 0.5) is 0 Å². The molecule has 0 saturated carbocycles. The number of rotatable bonds is 5. The maximum Gasteiger partial charge on any atom is 0.122 e. The summed E-state index contributed by atoms with van der Waals surface area (Å²) in [4.78, 5) is 0. The molecule has 0 atom stereocenters. The van der Waals surface area contributed by atoms with E-state index in [1.165, 1.54) is 0 Å². The molecule has 0 amide bonds. The largest absolute Gasteiger partial charge is 0.508 e. The van der Waals surface area contributed by atoms with Gasteiger partial charge in [-0.05, 0) is 53.3 Å². The van der Waals surface area contributed by atoms with Crippen molar-refractivity contribution in [2.45, 2.75) is 19.8 Å². The number of hydrogen-bond acceptors (Lipinski definition) is 3. The average molecular weight is 346 g/mol. The first kappa shape index (κ1) is 17.5. The standard InChI is InChI=1S/C22H22N2O2/c1-14-20(25)12-18(13-21(14)26)19-9-7-16(15-5-3-2-4-6-15)11-17(19)8-10-22(23)24/h2-7,9,11-13,25-26H,8,10H2,1H3,(H3,23,24). The lowest BCUT2D eigenvalue weighted by Crippen LogP contribution is -2.10. The first-order valence-corrected chi connectivity index (χ1v) is 8.50. The number of amidine groups is 1. The highest BCUT2D eigenvalue weighted by Gasteiger charge is 2.12. The van der Waals surface area contributed by atoms with Gasteiger partial charge in [-0.3, -0.25) is 5.41 Å². The molecule has 0 aliphatic rings. The Morgan fingerprint density at radius 3 is 2.15 bits per heavy atom. The number of benzene rings is 3. The van der Waals surface area contributed by atoms with E-state index in [0.29, 0.717) is 18.4 Å². The second-order valence-corrected chi connectivity index (χ2v) is 6.40. The number of phenols is 2. The molecule has 0 aromatic heterocycles. The zero-order valence-corrected chi connectivity index (χ0v) is 14.7. The van der Waals surface area contributed by atoms with Gasteiger partial charge in [-0.1, -0.05) is 48.5 Å². The number of phenolic OH excluding ortho intramolecular Hbond substituents is 2. The Morgan fingerprint density at radius 2 is 1.54 bits per heavy atom. The topological polar surface area (TPSA) is 90.3 Å². The predicted octanol–water partition coefficient (Wildman–Crippen LogP) is 4.61. The lowest BCUT2D eigenvalue weighted by molar-refractivity contribution is 0.443. The zero-order chi connectivity index (χ0) is 18.7. The molecule has 26 heavy (non-hydrogen) atoms. The minimum Gasteiger partial charge on any atom is -0.508 e. The lowest BCUT2D eigenvalue weighted by atomic mass is 9.92. The van der Waals surface area contributed by atoms with Gasteiger partial charge in [0.25, 0.3) is 0 Å². The van der Waals surface area contributed by atoms with E-state index in [1.54, 1.807) is 19.1 Å². The molecule has 0 radical (unpaired) electrons. The van der Waals surface area contributed by atoms with Gasteiger partial charge in [0.2, 0.25) is 0 Å². The van der Waals surface area contributed by atoms with Crippen molar-refractivity contribution in [2.75, 3.05) is 0 Å². The minimum atomic E-state index is 0.0599. The summed E-state index contributed by atoms with van der Waals surface area (Å²) in [5.41, 5.74) is 10.9. The van der Waals surface area contributed by atoms with E-state index in [0.717, 1.165) is 27.8 Å². The van der Waals surface area contributed by atoms with Crippen molar-refractivity contribution in [3.8, 4) is 33.8 Å². The molecule has 0 fully saturated rings. The Labute approximate surface area is 153 Å². The monoisotopic (exact) mass is 346 g/mol. The SMILES string of the molecule is Cc1c(O)cc(-c2ccc(-c3ccccc3)cc2CCC(=N)N)cc1O. The Kier molecular flexibility index (Phi) is 4.94. The second-order valence-electron chi connectivity index (χ2n) is 6.40. The van der Waals surface area contributed by atoms with Gasteiger partial charge in [0, 0.05) is 12.0 Å². The van der Waals surface area contributed by atoms with Crippen molar-refractivity contribution in [2.24, 2.45) is 5.73 Å². The number of aryl methyl sites for hydroxylation is 1. The summed E-state index contributed by atoms with van der Waals surface area (Å²) in [6.45, 7) is 1.67. The van der Waals surface area contributed by atoms with Gasteiger partial charge in [-0.2, -0.15) is 0 Å². The average Bonchev–Trinajstić information content (AvgIpc) is 2.64. The van der Waals surface area contributed by atoms with Crippen molar-refractivity contribution in [3.63, 3.8) is 0 Å². The molecule has 132 valence electrons. The first-order chi connectivity index (χ1) is 12.5. The van der Waals surface area contributed by atoms with Crippen LogP contribution in [0.1, 0.15) is 17.5 Å². The molecule has 5 N–H and O–H groups in total. The van der Waals surface area contributed by atoms with Crippen LogP contribution >= 0.6 is 0 Å². The zero-order valence-electron chi connectivity index (χ0n) is 14.7. The Hall–Kier alpha value is -3.27. The Balaban J connectivity index is 2.10. The fraction of sp³-hybridized carbons (Fsp3) is 0.136. The molecule has 3 aromatic carbocycles. The number of aromatic hydroxyl groups is 2. The summed E-state index contributed by atoms with van der Waals surface area (Å²) >= 11 is 0. The summed E-state index contributed by atoms with van der Waals surface area (Å²) in [6, 6.07) is 19.5. The third-order valence-electron chi connectivity index (χ3n) is 4.54. The number of nitrogens with two attached hydrogens (primary N) is 1. The highest BCUT2D eigenvalue weighted by atomic mass is 16.3. The van der Waals surface area contributed by atoms with Gasteiger partial charge in [0.1, 0.15) is 11.5 Å². The minimum absolute atomic E-state index is 0.0599. The van der Waals surface area contributed by atoms with Gasteiger partial charge in [0.05, 0.1) is 5.84 Å². The van der Waals surface area contributed by atoms with Crippen molar-refractivity contribution in [1.82, 2.24) is 0 Å². The molecule has 0 aliphatic heterocycles. The third kappa shape index (κ3) is 3.70. The molecule has 0 aliphatic carbocycles. The Morgan fingerprint density at radius 1 is 0.885 bits per heavy atom. The smallest absolute Gasteiger partial charge is 0.122 e. The van der Waals surface area contributed by atoms with Crippen LogP contribution in [0.2, 0.25) is 0 Å². The molecule has 0 unspecified atom stereocenters. The number of hydrogen-bond donors (Lipinski definition) is 4. The fourth-order valence-corrected chi connectivity index (χ4v) is 3.00. The molecule has 4 heteroatoms. The summed E-state index contributed by atoms with van der Waals surface area (Å²) in [7, 11) is 0. The van der Waals surface area contributed by atoms with Crippen LogP contribution in [-0.4, -0.2) is 16.0 Å².